The minimum atomic E-state index is -0.565. The van der Waals surface area contributed by atoms with E-state index >= 15 is 0 Å². The summed E-state index contributed by atoms with van der Waals surface area (Å²) < 4.78 is 4.82. The number of H-pyrrole nitrogens is 1. The van der Waals surface area contributed by atoms with E-state index in [2.05, 4.69) is 4.98 Å². The van der Waals surface area contributed by atoms with Crippen LogP contribution in [0.15, 0.2) is 24.3 Å². The van der Waals surface area contributed by atoms with Crippen LogP contribution in [0, 0.1) is 6.92 Å². The minimum Gasteiger partial charge on any atom is -0.466 e. The summed E-state index contributed by atoms with van der Waals surface area (Å²) in [5.41, 5.74) is 2.88. The number of aromatic nitrogens is 1. The van der Waals surface area contributed by atoms with Gasteiger partial charge in [-0.2, -0.15) is 0 Å². The van der Waals surface area contributed by atoms with Gasteiger partial charge in [-0.15, -0.1) is 0 Å². The molecule has 1 aromatic carbocycles. The van der Waals surface area contributed by atoms with Crippen LogP contribution in [0.3, 0.4) is 0 Å². The van der Waals surface area contributed by atoms with Gasteiger partial charge in [0.15, 0.2) is 0 Å². The van der Waals surface area contributed by atoms with Crippen LogP contribution < -0.4 is 0 Å². The van der Waals surface area contributed by atoms with Crippen LogP contribution in [0.25, 0.3) is 10.9 Å². The number of aryl methyl sites for hydroxylation is 1. The fourth-order valence-electron chi connectivity index (χ4n) is 3.36. The number of aromatic amines is 1. The van der Waals surface area contributed by atoms with E-state index in [1.54, 1.807) is 6.92 Å². The Morgan fingerprint density at radius 2 is 1.81 bits per heavy atom. The predicted octanol–water partition coefficient (Wildman–Crippen LogP) is 1.95. The van der Waals surface area contributed by atoms with Crippen molar-refractivity contribution in [3.63, 3.8) is 0 Å². The van der Waals surface area contributed by atoms with Crippen LogP contribution in [0.1, 0.15) is 31.0 Å². The number of amides is 2. The van der Waals surface area contributed by atoms with E-state index in [1.165, 1.54) is 10.0 Å². The Bertz CT molecular complexity index is 842. The summed E-state index contributed by atoms with van der Waals surface area (Å²) >= 11 is 0. The van der Waals surface area contributed by atoms with E-state index in [0.29, 0.717) is 19.5 Å². The van der Waals surface area contributed by atoms with Crippen molar-refractivity contribution < 1.29 is 19.1 Å². The molecule has 26 heavy (non-hydrogen) atoms. The van der Waals surface area contributed by atoms with Crippen LogP contribution >= 0.6 is 0 Å². The molecule has 0 aliphatic carbocycles. The van der Waals surface area contributed by atoms with E-state index in [0.717, 1.165) is 22.2 Å². The number of nitrogens with zero attached hydrogens (tertiary/aromatic N) is 2. The maximum Gasteiger partial charge on any atom is 0.315 e. The fourth-order valence-corrected chi connectivity index (χ4v) is 3.36. The molecule has 2 heterocycles. The molecule has 1 aliphatic heterocycles. The van der Waals surface area contributed by atoms with Gasteiger partial charge in [-0.05, 0) is 31.9 Å². The third kappa shape index (κ3) is 3.56. The molecule has 7 nitrogen and oxygen atoms in total. The standard InChI is InChI=1S/C19H23N3O4/c1-3-26-19(25)12-18(24)22-10-6-9-21(22)17(23)11-15-13(2)20-16-8-5-4-7-14(15)16/h4-5,7-8,20H,3,6,9-12H2,1-2H3. The number of hydrogen-bond acceptors (Lipinski definition) is 4. The number of hydrazine groups is 1. The molecular weight excluding hydrogens is 334 g/mol. The predicted molar refractivity (Wildman–Crippen MR) is 96.0 cm³/mol. The van der Waals surface area contributed by atoms with Gasteiger partial charge in [0.05, 0.1) is 13.0 Å². The number of ether oxygens (including phenoxy) is 1. The first kappa shape index (κ1) is 18.0. The van der Waals surface area contributed by atoms with Gasteiger partial charge in [-0.3, -0.25) is 24.4 Å². The third-order valence-electron chi connectivity index (χ3n) is 4.56. The number of fused-ring (bicyclic) bond motifs is 1. The van der Waals surface area contributed by atoms with E-state index in [4.69, 9.17) is 4.74 Å². The van der Waals surface area contributed by atoms with Crippen molar-refractivity contribution in [1.82, 2.24) is 15.0 Å². The highest BCUT2D eigenvalue weighted by Crippen LogP contribution is 2.24. The van der Waals surface area contributed by atoms with Crippen LogP contribution in [0.2, 0.25) is 0 Å². The molecule has 2 amide bonds. The highest BCUT2D eigenvalue weighted by atomic mass is 16.5. The fraction of sp³-hybridized carbons (Fsp3) is 0.421. The number of hydrogen-bond donors (Lipinski definition) is 1. The minimum absolute atomic E-state index is 0.146. The van der Waals surface area contributed by atoms with Gasteiger partial charge >= 0.3 is 5.97 Å². The third-order valence-corrected chi connectivity index (χ3v) is 4.56. The molecule has 0 spiro atoms. The number of rotatable bonds is 5. The lowest BCUT2D eigenvalue weighted by atomic mass is 10.1. The second-order valence-corrected chi connectivity index (χ2v) is 6.32. The van der Waals surface area contributed by atoms with Crippen molar-refractivity contribution in [3.05, 3.63) is 35.5 Å². The molecule has 0 radical (unpaired) electrons. The first-order valence-corrected chi connectivity index (χ1v) is 8.83. The zero-order chi connectivity index (χ0) is 18.7. The Morgan fingerprint density at radius 3 is 2.54 bits per heavy atom. The monoisotopic (exact) mass is 357 g/mol. The van der Waals surface area contributed by atoms with E-state index in [9.17, 15) is 14.4 Å². The zero-order valence-corrected chi connectivity index (χ0v) is 15.1. The van der Waals surface area contributed by atoms with E-state index in [-0.39, 0.29) is 25.4 Å². The number of carbonyl (C=O) groups excluding carboxylic acids is 3. The van der Waals surface area contributed by atoms with Crippen molar-refractivity contribution in [2.45, 2.75) is 33.1 Å². The molecular formula is C19H23N3O4. The Hall–Kier alpha value is -2.83. The van der Waals surface area contributed by atoms with Crippen LogP contribution in [-0.4, -0.2) is 52.5 Å². The van der Waals surface area contributed by atoms with Gasteiger partial charge in [0.25, 0.3) is 5.91 Å². The quantitative estimate of drug-likeness (QED) is 0.655. The number of para-hydroxylation sites is 1. The molecule has 0 unspecified atom stereocenters. The van der Waals surface area contributed by atoms with Crippen LogP contribution in [-0.2, 0) is 25.5 Å². The molecule has 138 valence electrons. The molecule has 0 atom stereocenters. The Balaban J connectivity index is 1.73. The molecule has 0 bridgehead atoms. The van der Waals surface area contributed by atoms with Crippen molar-refractivity contribution >= 4 is 28.7 Å². The molecule has 1 fully saturated rings. The Kier molecular flexibility index (Phi) is 5.25. The van der Waals surface area contributed by atoms with Crippen molar-refractivity contribution in [2.75, 3.05) is 19.7 Å². The SMILES string of the molecule is CCOC(=O)CC(=O)N1CCCN1C(=O)Cc1c(C)[nH]c2ccccc12. The maximum atomic E-state index is 12.8. The Morgan fingerprint density at radius 1 is 1.12 bits per heavy atom. The largest absolute Gasteiger partial charge is 0.466 e. The van der Waals surface area contributed by atoms with Gasteiger partial charge in [0, 0.05) is 29.7 Å². The summed E-state index contributed by atoms with van der Waals surface area (Å²) in [6, 6.07) is 7.84. The van der Waals surface area contributed by atoms with Crippen LogP contribution in [0.5, 0.6) is 0 Å². The average molecular weight is 357 g/mol. The van der Waals surface area contributed by atoms with Crippen molar-refractivity contribution in [2.24, 2.45) is 0 Å². The van der Waals surface area contributed by atoms with E-state index < -0.39 is 11.9 Å². The van der Waals surface area contributed by atoms with Gasteiger partial charge in [0.2, 0.25) is 5.91 Å². The van der Waals surface area contributed by atoms with Crippen molar-refractivity contribution in [3.8, 4) is 0 Å². The molecule has 1 saturated heterocycles. The van der Waals surface area contributed by atoms with Crippen molar-refractivity contribution in [1.29, 1.82) is 0 Å². The highest BCUT2D eigenvalue weighted by molar-refractivity contribution is 5.96. The molecule has 7 heteroatoms. The molecule has 0 saturated carbocycles. The van der Waals surface area contributed by atoms with Gasteiger partial charge in [-0.1, -0.05) is 18.2 Å². The van der Waals surface area contributed by atoms with Crippen LogP contribution in [0.4, 0.5) is 0 Å². The summed E-state index contributed by atoms with van der Waals surface area (Å²) in [6.45, 7) is 4.79. The zero-order valence-electron chi connectivity index (χ0n) is 15.1. The number of benzene rings is 1. The Labute approximate surface area is 151 Å². The van der Waals surface area contributed by atoms with Gasteiger partial charge in [0.1, 0.15) is 6.42 Å². The van der Waals surface area contributed by atoms with Gasteiger partial charge < -0.3 is 9.72 Å². The molecule has 1 aromatic heterocycles. The molecule has 1 aliphatic rings. The smallest absolute Gasteiger partial charge is 0.315 e. The molecule has 2 aromatic rings. The topological polar surface area (TPSA) is 82.7 Å². The first-order valence-electron chi connectivity index (χ1n) is 8.83. The summed E-state index contributed by atoms with van der Waals surface area (Å²) in [4.78, 5) is 40.0. The summed E-state index contributed by atoms with van der Waals surface area (Å²) in [5, 5.41) is 3.86. The van der Waals surface area contributed by atoms with E-state index in [1.807, 2.05) is 31.2 Å². The second-order valence-electron chi connectivity index (χ2n) is 6.32. The lowest BCUT2D eigenvalue weighted by Gasteiger charge is -2.27. The first-order chi connectivity index (χ1) is 12.5. The lowest BCUT2D eigenvalue weighted by molar-refractivity contribution is -0.161. The molecule has 3 rings (SSSR count). The lowest BCUT2D eigenvalue weighted by Crippen LogP contribution is -2.46. The number of nitrogens with one attached hydrogen (secondary N) is 1. The number of carbonyl (C=O) groups is 3. The maximum absolute atomic E-state index is 12.8. The van der Waals surface area contributed by atoms with Gasteiger partial charge in [-0.25, -0.2) is 0 Å². The highest BCUT2D eigenvalue weighted by Gasteiger charge is 2.32. The second kappa shape index (κ2) is 7.59. The summed E-state index contributed by atoms with van der Waals surface area (Å²) in [6.07, 6.45) is 0.565. The summed E-state index contributed by atoms with van der Waals surface area (Å²) in [7, 11) is 0. The molecule has 1 N–H and O–H groups in total. The summed E-state index contributed by atoms with van der Waals surface area (Å²) in [5.74, 6) is -1.11. The average Bonchev–Trinajstić information content (AvgIpc) is 3.20. The normalized spacial score (nSPS) is 14.1. The number of esters is 1.